The molecule has 0 fully saturated rings. The quantitative estimate of drug-likeness (QED) is 0.389. The molecule has 4 rings (SSSR count). The molecule has 3 aromatic rings. The largest absolute Gasteiger partial charge is 0.497 e. The van der Waals surface area contributed by atoms with Crippen LogP contribution in [0.1, 0.15) is 24.5 Å². The van der Waals surface area contributed by atoms with E-state index in [0.29, 0.717) is 36.8 Å². The minimum Gasteiger partial charge on any atom is -0.497 e. The molecule has 38 heavy (non-hydrogen) atoms. The first-order chi connectivity index (χ1) is 18.5. The first-order valence-corrected chi connectivity index (χ1v) is 12.4. The zero-order valence-electron chi connectivity index (χ0n) is 21.8. The molecule has 0 spiro atoms. The molecular weight excluding hydrogens is 482 g/mol. The third-order valence-corrected chi connectivity index (χ3v) is 6.31. The van der Waals surface area contributed by atoms with Crippen molar-refractivity contribution in [2.24, 2.45) is 0 Å². The van der Waals surface area contributed by atoms with Crippen molar-refractivity contribution in [2.75, 3.05) is 27.4 Å². The van der Waals surface area contributed by atoms with E-state index in [2.05, 4.69) is 10.6 Å². The van der Waals surface area contributed by atoms with Gasteiger partial charge in [-0.3, -0.25) is 14.9 Å². The van der Waals surface area contributed by atoms with Gasteiger partial charge in [-0.15, -0.1) is 0 Å². The summed E-state index contributed by atoms with van der Waals surface area (Å²) in [5.74, 6) is 1.59. The number of nitrogens with one attached hydrogen (secondary N) is 1. The summed E-state index contributed by atoms with van der Waals surface area (Å²) in [7, 11) is 3.20. The van der Waals surface area contributed by atoms with Crippen LogP contribution < -0.4 is 24.8 Å². The molecule has 1 radical (unpaired) electrons. The number of fused-ring (bicyclic) bond motifs is 1. The molecule has 0 saturated heterocycles. The number of ether oxygens (including phenoxy) is 3. The Kier molecular flexibility index (Phi) is 8.87. The fourth-order valence-corrected chi connectivity index (χ4v) is 4.36. The van der Waals surface area contributed by atoms with Crippen LogP contribution in [0, 0.1) is 0 Å². The number of hydrogen-bond acceptors (Lipinski definition) is 5. The van der Waals surface area contributed by atoms with E-state index in [1.807, 2.05) is 54.7 Å². The second-order valence-electron chi connectivity index (χ2n) is 8.94. The predicted octanol–water partition coefficient (Wildman–Crippen LogP) is 4.30. The van der Waals surface area contributed by atoms with Gasteiger partial charge >= 0.3 is 0 Å². The maximum absolute atomic E-state index is 13.0. The molecule has 0 bridgehead atoms. The lowest BCUT2D eigenvalue weighted by Crippen LogP contribution is -2.46. The Hall–Kier alpha value is -4.46. The summed E-state index contributed by atoms with van der Waals surface area (Å²) in [4.78, 5) is 27.3. The van der Waals surface area contributed by atoms with E-state index in [9.17, 15) is 9.59 Å². The lowest BCUT2D eigenvalue weighted by molar-refractivity contribution is -0.131. The van der Waals surface area contributed by atoms with E-state index in [-0.39, 0.29) is 24.5 Å². The minimum atomic E-state index is -0.367. The number of benzene rings is 3. The third-order valence-electron chi connectivity index (χ3n) is 6.31. The summed E-state index contributed by atoms with van der Waals surface area (Å²) in [6, 6.07) is 22.1. The lowest BCUT2D eigenvalue weighted by Gasteiger charge is -2.28. The summed E-state index contributed by atoms with van der Waals surface area (Å²) < 4.78 is 16.3. The van der Waals surface area contributed by atoms with Gasteiger partial charge in [0.1, 0.15) is 17.2 Å². The van der Waals surface area contributed by atoms with Crippen molar-refractivity contribution >= 4 is 23.1 Å². The van der Waals surface area contributed by atoms with Crippen LogP contribution in [0.5, 0.6) is 17.2 Å². The Morgan fingerprint density at radius 2 is 1.63 bits per heavy atom. The van der Waals surface area contributed by atoms with Gasteiger partial charge in [0.05, 0.1) is 25.9 Å². The number of rotatable bonds is 12. The normalized spacial score (nSPS) is 12.4. The highest BCUT2D eigenvalue weighted by Gasteiger charge is 2.24. The molecule has 197 valence electrons. The molecule has 2 amide bonds. The summed E-state index contributed by atoms with van der Waals surface area (Å²) in [6.45, 7) is 2.03. The number of hydrogen-bond donors (Lipinski definition) is 1. The molecule has 0 aromatic heterocycles. The molecule has 1 heterocycles. The molecule has 1 aliphatic rings. The smallest absolute Gasteiger partial charge is 0.258 e. The average Bonchev–Trinajstić information content (AvgIpc) is 3.34. The standard InChI is InChI=1S/C30H32N3O5/c1-21(34)33(18-22-8-4-7-11-29(22)37-3)19-24(16-23-17-31-28-10-6-5-9-27(23)28)32-30(35)20-38-26-14-12-25(36-2)13-15-26/h4-15,17,24H,16,18-20H2,1-3H3,(H,32,35). The zero-order chi connectivity index (χ0) is 26.9. The van der Waals surface area contributed by atoms with Gasteiger partial charge in [0.15, 0.2) is 6.61 Å². The molecule has 1 N–H and O–H groups in total. The van der Waals surface area contributed by atoms with Gasteiger partial charge < -0.3 is 24.4 Å². The van der Waals surface area contributed by atoms with Crippen molar-refractivity contribution in [1.29, 1.82) is 0 Å². The average molecular weight is 515 g/mol. The van der Waals surface area contributed by atoms with Crippen LogP contribution in [-0.2, 0) is 16.1 Å². The topological polar surface area (TPSA) is 91.2 Å². The Morgan fingerprint density at radius 3 is 2.37 bits per heavy atom. The highest BCUT2D eigenvalue weighted by molar-refractivity contribution is 5.81. The van der Waals surface area contributed by atoms with Gasteiger partial charge in [0.25, 0.3) is 5.91 Å². The van der Waals surface area contributed by atoms with E-state index in [1.54, 1.807) is 43.4 Å². The van der Waals surface area contributed by atoms with Crippen LogP contribution in [0.3, 0.4) is 0 Å². The first-order valence-electron chi connectivity index (χ1n) is 12.4. The Bertz CT molecular complexity index is 1290. The van der Waals surface area contributed by atoms with E-state index in [4.69, 9.17) is 14.2 Å². The van der Waals surface area contributed by atoms with Crippen molar-refractivity contribution in [3.8, 4) is 17.2 Å². The molecule has 0 aliphatic carbocycles. The number of nitrogens with zero attached hydrogens (tertiary/aromatic N) is 2. The van der Waals surface area contributed by atoms with E-state index < -0.39 is 0 Å². The summed E-state index contributed by atoms with van der Waals surface area (Å²) in [5.41, 5.74) is 3.81. The van der Waals surface area contributed by atoms with Gasteiger partial charge in [-0.1, -0.05) is 36.4 Å². The van der Waals surface area contributed by atoms with Gasteiger partial charge in [-0.2, -0.15) is 0 Å². The second kappa shape index (κ2) is 12.7. The van der Waals surface area contributed by atoms with Crippen LogP contribution in [0.2, 0.25) is 0 Å². The molecule has 8 nitrogen and oxygen atoms in total. The fourth-order valence-electron chi connectivity index (χ4n) is 4.36. The fraction of sp³-hybridized carbons (Fsp3) is 0.267. The summed E-state index contributed by atoms with van der Waals surface area (Å²) in [5, 5.41) is 7.57. The number of carbonyl (C=O) groups excluding carboxylic acids is 2. The Morgan fingerprint density at radius 1 is 0.921 bits per heavy atom. The van der Waals surface area contributed by atoms with Gasteiger partial charge in [0, 0.05) is 37.3 Å². The number of methoxy groups -OCH3 is 2. The van der Waals surface area contributed by atoms with E-state index in [0.717, 1.165) is 22.4 Å². The molecule has 1 aliphatic heterocycles. The Balaban J connectivity index is 1.48. The zero-order valence-corrected chi connectivity index (χ0v) is 21.8. The van der Waals surface area contributed by atoms with Gasteiger partial charge in [-0.25, -0.2) is 0 Å². The second-order valence-corrected chi connectivity index (χ2v) is 8.94. The first kappa shape index (κ1) is 26.6. The minimum absolute atomic E-state index is 0.102. The number of amides is 2. The predicted molar refractivity (Wildman–Crippen MR) is 145 cm³/mol. The van der Waals surface area contributed by atoms with Crippen LogP contribution in [0.25, 0.3) is 5.57 Å². The highest BCUT2D eigenvalue weighted by atomic mass is 16.5. The van der Waals surface area contributed by atoms with Gasteiger partial charge in [0.2, 0.25) is 5.91 Å². The molecule has 3 aromatic carbocycles. The van der Waals surface area contributed by atoms with Crippen LogP contribution in [0.4, 0.5) is 5.69 Å². The van der Waals surface area contributed by atoms with Gasteiger partial charge in [-0.05, 0) is 48.4 Å². The SMILES string of the molecule is COc1ccc(OCC(=O)NC(CC2=C[N]c3ccccc32)CN(Cc2ccccc2OC)C(C)=O)cc1. The number of para-hydroxylation sites is 2. The lowest BCUT2D eigenvalue weighted by atomic mass is 9.99. The van der Waals surface area contributed by atoms with Crippen molar-refractivity contribution in [2.45, 2.75) is 25.9 Å². The van der Waals surface area contributed by atoms with E-state index >= 15 is 0 Å². The van der Waals surface area contributed by atoms with Crippen molar-refractivity contribution < 1.29 is 23.8 Å². The van der Waals surface area contributed by atoms with Crippen LogP contribution in [-0.4, -0.2) is 50.1 Å². The number of carbonyl (C=O) groups is 2. The maximum Gasteiger partial charge on any atom is 0.258 e. The molecule has 8 heteroatoms. The van der Waals surface area contributed by atoms with Crippen molar-refractivity contribution in [1.82, 2.24) is 15.5 Å². The third kappa shape index (κ3) is 6.85. The highest BCUT2D eigenvalue weighted by Crippen LogP contribution is 2.33. The van der Waals surface area contributed by atoms with Crippen molar-refractivity contribution in [3.05, 3.63) is 90.1 Å². The monoisotopic (exact) mass is 514 g/mol. The van der Waals surface area contributed by atoms with Crippen LogP contribution in [0.15, 0.2) is 79.0 Å². The summed E-state index contributed by atoms with van der Waals surface area (Å²) >= 11 is 0. The Labute approximate surface area is 223 Å². The maximum atomic E-state index is 13.0. The van der Waals surface area contributed by atoms with E-state index in [1.165, 1.54) is 6.92 Å². The molecule has 0 saturated carbocycles. The summed E-state index contributed by atoms with van der Waals surface area (Å²) in [6.07, 6.45) is 2.33. The molecule has 1 unspecified atom stereocenters. The van der Waals surface area contributed by atoms with Crippen LogP contribution >= 0.6 is 0 Å². The molecule has 1 atom stereocenters. The molecular formula is C30H32N3O5. The van der Waals surface area contributed by atoms with Crippen molar-refractivity contribution in [3.63, 3.8) is 0 Å².